The Morgan fingerprint density at radius 3 is 2.82 bits per heavy atom. The second kappa shape index (κ2) is 6.12. The van der Waals surface area contributed by atoms with Crippen LogP contribution in [0.15, 0.2) is 18.3 Å². The summed E-state index contributed by atoms with van der Waals surface area (Å²) >= 11 is 0. The van der Waals surface area contributed by atoms with Crippen LogP contribution in [0.1, 0.15) is 43.9 Å². The fourth-order valence-electron chi connectivity index (χ4n) is 2.51. The zero-order valence-electron chi connectivity index (χ0n) is 10.7. The lowest BCUT2D eigenvalue weighted by Crippen LogP contribution is -2.20. The largest absolute Gasteiger partial charge is 0.353 e. The van der Waals surface area contributed by atoms with E-state index < -0.39 is 0 Å². The van der Waals surface area contributed by atoms with Gasteiger partial charge < -0.3 is 9.47 Å². The Hall–Kier alpha value is -0.930. The molecule has 0 aliphatic heterocycles. The molecular weight excluding hydrogens is 214 g/mol. The third kappa shape index (κ3) is 3.05. The van der Waals surface area contributed by atoms with Crippen LogP contribution in [-0.4, -0.2) is 24.5 Å². The van der Waals surface area contributed by atoms with Gasteiger partial charge in [-0.3, -0.25) is 4.98 Å². The van der Waals surface area contributed by atoms with E-state index in [9.17, 15) is 0 Å². The van der Waals surface area contributed by atoms with Gasteiger partial charge in [-0.15, -0.1) is 0 Å². The van der Waals surface area contributed by atoms with Crippen molar-refractivity contribution in [1.29, 1.82) is 0 Å². The number of rotatable bonds is 6. The van der Waals surface area contributed by atoms with Crippen LogP contribution < -0.4 is 0 Å². The highest BCUT2D eigenvalue weighted by Gasteiger charge is 2.26. The van der Waals surface area contributed by atoms with Crippen LogP contribution >= 0.6 is 0 Å². The summed E-state index contributed by atoms with van der Waals surface area (Å²) in [7, 11) is 0. The number of ether oxygens (including phenoxy) is 2. The van der Waals surface area contributed by atoms with Crippen molar-refractivity contribution in [3.63, 3.8) is 0 Å². The number of fused-ring (bicyclic) bond motifs is 1. The first-order valence-corrected chi connectivity index (χ1v) is 6.52. The van der Waals surface area contributed by atoms with Crippen LogP contribution in [0.3, 0.4) is 0 Å². The zero-order chi connectivity index (χ0) is 12.1. The van der Waals surface area contributed by atoms with Crippen molar-refractivity contribution in [3.05, 3.63) is 29.6 Å². The molecule has 17 heavy (non-hydrogen) atoms. The molecule has 1 aromatic rings. The molecule has 0 aromatic carbocycles. The normalized spacial score (nSPS) is 18.6. The summed E-state index contributed by atoms with van der Waals surface area (Å²) in [4.78, 5) is 4.50. The van der Waals surface area contributed by atoms with Crippen LogP contribution in [-0.2, 0) is 15.9 Å². The minimum Gasteiger partial charge on any atom is -0.353 e. The third-order valence-electron chi connectivity index (χ3n) is 3.26. The van der Waals surface area contributed by atoms with Crippen LogP contribution in [0.2, 0.25) is 0 Å². The number of nitrogens with zero attached hydrogens (tertiary/aromatic N) is 1. The molecule has 0 radical (unpaired) electrons. The van der Waals surface area contributed by atoms with Crippen LogP contribution in [0.25, 0.3) is 0 Å². The van der Waals surface area contributed by atoms with E-state index in [2.05, 4.69) is 11.1 Å². The standard InChI is InChI=1S/C14H21NO2/c1-3-16-13(17-4-2)10-12-8-7-11-6-5-9-15-14(11)12/h5-6,9,12-13H,3-4,7-8,10H2,1-2H3. The predicted molar refractivity (Wildman–Crippen MR) is 67.0 cm³/mol. The highest BCUT2D eigenvalue weighted by Crippen LogP contribution is 2.35. The molecule has 1 aliphatic rings. The fraction of sp³-hybridized carbons (Fsp3) is 0.643. The minimum atomic E-state index is -0.0806. The smallest absolute Gasteiger partial charge is 0.158 e. The molecule has 1 unspecified atom stereocenters. The first kappa shape index (κ1) is 12.5. The van der Waals surface area contributed by atoms with E-state index in [-0.39, 0.29) is 6.29 Å². The second-order valence-electron chi connectivity index (χ2n) is 4.36. The van der Waals surface area contributed by atoms with E-state index in [1.54, 1.807) is 0 Å². The summed E-state index contributed by atoms with van der Waals surface area (Å²) in [5.41, 5.74) is 2.64. The Morgan fingerprint density at radius 2 is 2.12 bits per heavy atom. The van der Waals surface area contributed by atoms with Crippen molar-refractivity contribution in [3.8, 4) is 0 Å². The van der Waals surface area contributed by atoms with Gasteiger partial charge in [-0.1, -0.05) is 6.07 Å². The maximum atomic E-state index is 5.61. The summed E-state index contributed by atoms with van der Waals surface area (Å²) in [5.74, 6) is 0.495. The summed E-state index contributed by atoms with van der Waals surface area (Å²) in [6, 6.07) is 4.20. The average Bonchev–Trinajstić information content (AvgIpc) is 2.74. The molecule has 0 spiro atoms. The monoisotopic (exact) mass is 235 g/mol. The van der Waals surface area contributed by atoms with Gasteiger partial charge in [0.25, 0.3) is 0 Å². The Morgan fingerprint density at radius 1 is 1.35 bits per heavy atom. The summed E-state index contributed by atoms with van der Waals surface area (Å²) in [5, 5.41) is 0. The number of hydrogen-bond donors (Lipinski definition) is 0. The fourth-order valence-corrected chi connectivity index (χ4v) is 2.51. The molecule has 94 valence electrons. The molecular formula is C14H21NO2. The van der Waals surface area contributed by atoms with Gasteiger partial charge in [0.15, 0.2) is 6.29 Å². The van der Waals surface area contributed by atoms with Crippen LogP contribution in [0.5, 0.6) is 0 Å². The number of aryl methyl sites for hydroxylation is 1. The molecule has 0 fully saturated rings. The highest BCUT2D eigenvalue weighted by atomic mass is 16.7. The molecule has 0 amide bonds. The van der Waals surface area contributed by atoms with E-state index in [1.165, 1.54) is 17.7 Å². The zero-order valence-corrected chi connectivity index (χ0v) is 10.7. The van der Waals surface area contributed by atoms with E-state index in [4.69, 9.17) is 9.47 Å². The molecule has 2 rings (SSSR count). The summed E-state index contributed by atoms with van der Waals surface area (Å²) in [6.07, 6.45) is 5.03. The first-order valence-electron chi connectivity index (χ1n) is 6.52. The maximum Gasteiger partial charge on any atom is 0.158 e. The highest BCUT2D eigenvalue weighted by molar-refractivity contribution is 5.28. The first-order chi connectivity index (χ1) is 8.35. The van der Waals surface area contributed by atoms with Gasteiger partial charge in [0.2, 0.25) is 0 Å². The third-order valence-corrected chi connectivity index (χ3v) is 3.26. The molecule has 1 heterocycles. The summed E-state index contributed by atoms with van der Waals surface area (Å²) in [6.45, 7) is 5.42. The molecule has 3 heteroatoms. The van der Waals surface area contributed by atoms with Crippen LogP contribution in [0.4, 0.5) is 0 Å². The lowest BCUT2D eigenvalue weighted by molar-refractivity contribution is -0.142. The molecule has 0 bridgehead atoms. The van der Waals surface area contributed by atoms with Crippen molar-refractivity contribution >= 4 is 0 Å². The van der Waals surface area contributed by atoms with Gasteiger partial charge in [0.05, 0.1) is 0 Å². The second-order valence-corrected chi connectivity index (χ2v) is 4.36. The van der Waals surface area contributed by atoms with Crippen molar-refractivity contribution in [2.24, 2.45) is 0 Å². The molecule has 0 saturated heterocycles. The average molecular weight is 235 g/mol. The van der Waals surface area contributed by atoms with E-state index in [0.29, 0.717) is 19.1 Å². The number of pyridine rings is 1. The van der Waals surface area contributed by atoms with Crippen LogP contribution in [0, 0.1) is 0 Å². The van der Waals surface area contributed by atoms with E-state index in [1.807, 2.05) is 26.1 Å². The molecule has 3 nitrogen and oxygen atoms in total. The molecule has 1 atom stereocenters. The molecule has 1 aromatic heterocycles. The molecule has 0 saturated carbocycles. The van der Waals surface area contributed by atoms with Gasteiger partial charge in [0.1, 0.15) is 0 Å². The number of hydrogen-bond acceptors (Lipinski definition) is 3. The van der Waals surface area contributed by atoms with Gasteiger partial charge in [-0.05, 0) is 38.3 Å². The van der Waals surface area contributed by atoms with Gasteiger partial charge in [-0.2, -0.15) is 0 Å². The van der Waals surface area contributed by atoms with Gasteiger partial charge in [-0.25, -0.2) is 0 Å². The molecule has 0 N–H and O–H groups in total. The Labute approximate surface area is 103 Å². The van der Waals surface area contributed by atoms with Crippen molar-refractivity contribution in [2.45, 2.75) is 45.3 Å². The predicted octanol–water partition coefficient (Wildman–Crippen LogP) is 2.90. The Kier molecular flexibility index (Phi) is 4.51. The minimum absolute atomic E-state index is 0.0806. The topological polar surface area (TPSA) is 31.4 Å². The van der Waals surface area contributed by atoms with Crippen molar-refractivity contribution < 1.29 is 9.47 Å². The Bertz CT molecular complexity index is 348. The van der Waals surface area contributed by atoms with Crippen molar-refractivity contribution in [1.82, 2.24) is 4.98 Å². The quantitative estimate of drug-likeness (QED) is 0.710. The lowest BCUT2D eigenvalue weighted by atomic mass is 10.0. The SMILES string of the molecule is CCOC(CC1CCc2cccnc21)OCC. The van der Waals surface area contributed by atoms with E-state index >= 15 is 0 Å². The number of aromatic nitrogens is 1. The van der Waals surface area contributed by atoms with Gasteiger partial charge >= 0.3 is 0 Å². The maximum absolute atomic E-state index is 5.61. The Balaban J connectivity index is 1.99. The van der Waals surface area contributed by atoms with Crippen molar-refractivity contribution in [2.75, 3.05) is 13.2 Å². The van der Waals surface area contributed by atoms with E-state index in [0.717, 1.165) is 12.8 Å². The van der Waals surface area contributed by atoms with Gasteiger partial charge in [0, 0.05) is 37.4 Å². The lowest BCUT2D eigenvalue weighted by Gasteiger charge is -2.20. The molecule has 1 aliphatic carbocycles. The summed E-state index contributed by atoms with van der Waals surface area (Å²) < 4.78 is 11.2.